The SMILES string of the molecule is CC(=O)Nc1ccccc1CNCC(=O)OC(C)(C)C. The van der Waals surface area contributed by atoms with Crippen molar-refractivity contribution in [3.8, 4) is 0 Å². The zero-order valence-corrected chi connectivity index (χ0v) is 12.4. The van der Waals surface area contributed by atoms with Gasteiger partial charge in [-0.25, -0.2) is 0 Å². The molecule has 0 saturated heterocycles. The Kier molecular flexibility index (Phi) is 5.70. The van der Waals surface area contributed by atoms with E-state index in [9.17, 15) is 9.59 Å². The van der Waals surface area contributed by atoms with Crippen LogP contribution in [0.3, 0.4) is 0 Å². The van der Waals surface area contributed by atoms with Crippen LogP contribution in [0.4, 0.5) is 5.69 Å². The fourth-order valence-corrected chi connectivity index (χ4v) is 1.66. The fourth-order valence-electron chi connectivity index (χ4n) is 1.66. The summed E-state index contributed by atoms with van der Waals surface area (Å²) in [6, 6.07) is 7.46. The maximum atomic E-state index is 11.6. The van der Waals surface area contributed by atoms with Crippen molar-refractivity contribution in [1.82, 2.24) is 5.32 Å². The molecule has 5 heteroatoms. The summed E-state index contributed by atoms with van der Waals surface area (Å²) in [5, 5.41) is 5.77. The van der Waals surface area contributed by atoms with E-state index in [1.165, 1.54) is 6.92 Å². The molecule has 0 heterocycles. The first-order valence-electron chi connectivity index (χ1n) is 6.56. The molecule has 0 aliphatic carbocycles. The Hall–Kier alpha value is -1.88. The van der Waals surface area contributed by atoms with Gasteiger partial charge >= 0.3 is 5.97 Å². The Balaban J connectivity index is 2.50. The summed E-state index contributed by atoms with van der Waals surface area (Å²) < 4.78 is 5.20. The number of amides is 1. The summed E-state index contributed by atoms with van der Waals surface area (Å²) in [5.41, 5.74) is 1.19. The van der Waals surface area contributed by atoms with Crippen LogP contribution < -0.4 is 10.6 Å². The molecule has 0 radical (unpaired) electrons. The largest absolute Gasteiger partial charge is 0.459 e. The molecular weight excluding hydrogens is 256 g/mol. The van der Waals surface area contributed by atoms with E-state index in [-0.39, 0.29) is 18.4 Å². The highest BCUT2D eigenvalue weighted by Crippen LogP contribution is 2.14. The van der Waals surface area contributed by atoms with E-state index in [0.717, 1.165) is 11.3 Å². The van der Waals surface area contributed by atoms with Gasteiger partial charge in [0.2, 0.25) is 5.91 Å². The number of esters is 1. The van der Waals surface area contributed by atoms with Gasteiger partial charge in [0.1, 0.15) is 5.60 Å². The molecule has 0 bridgehead atoms. The van der Waals surface area contributed by atoms with Gasteiger partial charge < -0.3 is 15.4 Å². The van der Waals surface area contributed by atoms with Crippen LogP contribution in [0.2, 0.25) is 0 Å². The summed E-state index contributed by atoms with van der Waals surface area (Å²) in [6.07, 6.45) is 0. The first kappa shape index (κ1) is 16.2. The number of para-hydroxylation sites is 1. The van der Waals surface area contributed by atoms with Crippen molar-refractivity contribution in [1.29, 1.82) is 0 Å². The molecule has 1 rings (SSSR count). The van der Waals surface area contributed by atoms with Crippen molar-refractivity contribution in [2.45, 2.75) is 39.8 Å². The van der Waals surface area contributed by atoms with E-state index in [1.54, 1.807) is 0 Å². The smallest absolute Gasteiger partial charge is 0.320 e. The van der Waals surface area contributed by atoms with E-state index >= 15 is 0 Å². The van der Waals surface area contributed by atoms with E-state index in [4.69, 9.17) is 4.74 Å². The van der Waals surface area contributed by atoms with Crippen LogP contribution in [0.1, 0.15) is 33.3 Å². The summed E-state index contributed by atoms with van der Waals surface area (Å²) in [7, 11) is 0. The molecule has 5 nitrogen and oxygen atoms in total. The van der Waals surface area contributed by atoms with Crippen LogP contribution >= 0.6 is 0 Å². The number of hydrogen-bond donors (Lipinski definition) is 2. The van der Waals surface area contributed by atoms with Crippen molar-refractivity contribution >= 4 is 17.6 Å². The predicted molar refractivity (Wildman–Crippen MR) is 78.3 cm³/mol. The van der Waals surface area contributed by atoms with Crippen LogP contribution in [0.5, 0.6) is 0 Å². The lowest BCUT2D eigenvalue weighted by Crippen LogP contribution is -2.31. The van der Waals surface area contributed by atoms with Crippen molar-refractivity contribution in [3.63, 3.8) is 0 Å². The predicted octanol–water partition coefficient (Wildman–Crippen LogP) is 2.08. The third kappa shape index (κ3) is 6.33. The molecule has 1 amide bonds. The van der Waals surface area contributed by atoms with Crippen molar-refractivity contribution in [2.24, 2.45) is 0 Å². The van der Waals surface area contributed by atoms with Gasteiger partial charge in [-0.2, -0.15) is 0 Å². The molecular formula is C15H22N2O3. The third-order valence-corrected chi connectivity index (χ3v) is 2.33. The second kappa shape index (κ2) is 7.05. The lowest BCUT2D eigenvalue weighted by Gasteiger charge is -2.19. The first-order valence-corrected chi connectivity index (χ1v) is 6.56. The summed E-state index contributed by atoms with van der Waals surface area (Å²) in [6.45, 7) is 7.57. The molecule has 0 unspecified atom stereocenters. The molecule has 2 N–H and O–H groups in total. The van der Waals surface area contributed by atoms with Gasteiger partial charge in [-0.1, -0.05) is 18.2 Å². The number of ether oxygens (including phenoxy) is 1. The van der Waals surface area contributed by atoms with Gasteiger partial charge in [-0.15, -0.1) is 0 Å². The molecule has 110 valence electrons. The standard InChI is InChI=1S/C15H22N2O3/c1-11(18)17-13-8-6-5-7-12(13)9-16-10-14(19)20-15(2,3)4/h5-8,16H,9-10H2,1-4H3,(H,17,18). The summed E-state index contributed by atoms with van der Waals surface area (Å²) >= 11 is 0. The quantitative estimate of drug-likeness (QED) is 0.809. The minimum atomic E-state index is -0.479. The van der Waals surface area contributed by atoms with Gasteiger partial charge in [0.05, 0.1) is 6.54 Å². The zero-order valence-electron chi connectivity index (χ0n) is 12.4. The maximum Gasteiger partial charge on any atom is 0.320 e. The number of rotatable bonds is 5. The minimum absolute atomic E-state index is 0.121. The molecule has 0 aliphatic rings. The van der Waals surface area contributed by atoms with E-state index in [1.807, 2.05) is 45.0 Å². The molecule has 0 saturated carbocycles. The van der Waals surface area contributed by atoms with Gasteiger partial charge in [0.25, 0.3) is 0 Å². The second-order valence-electron chi connectivity index (χ2n) is 5.53. The molecule has 0 spiro atoms. The second-order valence-corrected chi connectivity index (χ2v) is 5.53. The highest BCUT2D eigenvalue weighted by Gasteiger charge is 2.15. The summed E-state index contributed by atoms with van der Waals surface area (Å²) in [5.74, 6) is -0.417. The van der Waals surface area contributed by atoms with E-state index in [0.29, 0.717) is 6.54 Å². The molecule has 20 heavy (non-hydrogen) atoms. The van der Waals surface area contributed by atoms with Crippen molar-refractivity contribution in [3.05, 3.63) is 29.8 Å². The number of anilines is 1. The Bertz CT molecular complexity index is 478. The van der Waals surface area contributed by atoms with Crippen molar-refractivity contribution < 1.29 is 14.3 Å². The maximum absolute atomic E-state index is 11.6. The summed E-state index contributed by atoms with van der Waals surface area (Å²) in [4.78, 5) is 22.7. The normalized spacial score (nSPS) is 11.0. The Morgan fingerprint density at radius 2 is 1.85 bits per heavy atom. The van der Waals surface area contributed by atoms with Crippen LogP contribution in [0.15, 0.2) is 24.3 Å². The molecule has 1 aromatic rings. The number of benzene rings is 1. The number of nitrogens with one attached hydrogen (secondary N) is 2. The third-order valence-electron chi connectivity index (χ3n) is 2.33. The number of carbonyl (C=O) groups excluding carboxylic acids is 2. The van der Waals surface area contributed by atoms with Gasteiger partial charge in [0, 0.05) is 19.2 Å². The zero-order chi connectivity index (χ0) is 15.2. The van der Waals surface area contributed by atoms with Crippen LogP contribution in [0, 0.1) is 0 Å². The van der Waals surface area contributed by atoms with E-state index in [2.05, 4.69) is 10.6 Å². The van der Waals surface area contributed by atoms with Crippen LogP contribution in [0.25, 0.3) is 0 Å². The van der Waals surface area contributed by atoms with Gasteiger partial charge in [-0.3, -0.25) is 9.59 Å². The van der Waals surface area contributed by atoms with Gasteiger partial charge in [-0.05, 0) is 32.4 Å². The molecule has 0 fully saturated rings. The molecule has 0 atom stereocenters. The minimum Gasteiger partial charge on any atom is -0.459 e. The average Bonchev–Trinajstić information content (AvgIpc) is 2.28. The number of hydrogen-bond acceptors (Lipinski definition) is 4. The lowest BCUT2D eigenvalue weighted by molar-refractivity contribution is -0.153. The monoisotopic (exact) mass is 278 g/mol. The first-order chi connectivity index (χ1) is 9.28. The highest BCUT2D eigenvalue weighted by molar-refractivity contribution is 5.89. The van der Waals surface area contributed by atoms with Crippen molar-refractivity contribution in [2.75, 3.05) is 11.9 Å². The number of carbonyl (C=O) groups is 2. The Morgan fingerprint density at radius 1 is 1.20 bits per heavy atom. The molecule has 0 aromatic heterocycles. The van der Waals surface area contributed by atoms with Crippen LogP contribution in [-0.2, 0) is 20.9 Å². The molecule has 0 aliphatic heterocycles. The topological polar surface area (TPSA) is 67.4 Å². The average molecular weight is 278 g/mol. The van der Waals surface area contributed by atoms with Gasteiger partial charge in [0.15, 0.2) is 0 Å². The fraction of sp³-hybridized carbons (Fsp3) is 0.467. The lowest BCUT2D eigenvalue weighted by atomic mass is 10.1. The molecule has 1 aromatic carbocycles. The highest BCUT2D eigenvalue weighted by atomic mass is 16.6. The van der Waals surface area contributed by atoms with Crippen LogP contribution in [-0.4, -0.2) is 24.0 Å². The Morgan fingerprint density at radius 3 is 2.45 bits per heavy atom. The Labute approximate surface area is 119 Å². The van der Waals surface area contributed by atoms with E-state index < -0.39 is 5.60 Å².